The Balaban J connectivity index is 1.60. The van der Waals surface area contributed by atoms with Crippen LogP contribution in [-0.2, 0) is 11.3 Å². The van der Waals surface area contributed by atoms with Gasteiger partial charge in [-0.2, -0.15) is 0 Å². The summed E-state index contributed by atoms with van der Waals surface area (Å²) < 4.78 is 5.38. The Labute approximate surface area is 130 Å². The number of hydrogen-bond acceptors (Lipinski definition) is 3. The maximum absolute atomic E-state index is 6.14. The van der Waals surface area contributed by atoms with Crippen LogP contribution in [0.2, 0.25) is 5.02 Å². The van der Waals surface area contributed by atoms with Crippen LogP contribution in [0.5, 0.6) is 0 Å². The van der Waals surface area contributed by atoms with Crippen LogP contribution in [0, 0.1) is 0 Å². The van der Waals surface area contributed by atoms with Gasteiger partial charge in [-0.3, -0.25) is 0 Å². The Hall–Kier alpha value is -1.71. The average Bonchev–Trinajstić information content (AvgIpc) is 2.55. The molecule has 2 aromatic rings. The first-order valence-electron chi connectivity index (χ1n) is 7.23. The summed E-state index contributed by atoms with van der Waals surface area (Å²) in [5.74, 6) is 0. The van der Waals surface area contributed by atoms with Crippen LogP contribution in [0.1, 0.15) is 5.56 Å². The van der Waals surface area contributed by atoms with Gasteiger partial charge in [0.1, 0.15) is 0 Å². The number of ether oxygens (including phenoxy) is 1. The normalized spacial score (nSPS) is 15.0. The van der Waals surface area contributed by atoms with Crippen molar-refractivity contribution in [1.29, 1.82) is 0 Å². The fraction of sp³-hybridized carbons (Fsp3) is 0.294. The lowest BCUT2D eigenvalue weighted by Crippen LogP contribution is -2.36. The van der Waals surface area contributed by atoms with Gasteiger partial charge >= 0.3 is 0 Å². The number of nitrogens with zero attached hydrogens (tertiary/aromatic N) is 1. The van der Waals surface area contributed by atoms with Crippen LogP contribution in [0.3, 0.4) is 0 Å². The second-order valence-corrected chi connectivity index (χ2v) is 5.51. The number of nitrogens with one attached hydrogen (secondary N) is 1. The molecule has 110 valence electrons. The Morgan fingerprint density at radius 1 is 1.00 bits per heavy atom. The molecule has 0 atom stereocenters. The van der Waals surface area contributed by atoms with Gasteiger partial charge in [0, 0.05) is 25.3 Å². The van der Waals surface area contributed by atoms with Crippen LogP contribution in [0.4, 0.5) is 11.4 Å². The zero-order chi connectivity index (χ0) is 14.5. The quantitative estimate of drug-likeness (QED) is 0.930. The summed E-state index contributed by atoms with van der Waals surface area (Å²) in [4.78, 5) is 2.36. The highest BCUT2D eigenvalue weighted by molar-refractivity contribution is 6.33. The van der Waals surface area contributed by atoms with E-state index in [1.54, 1.807) is 0 Å². The molecule has 1 saturated heterocycles. The molecule has 0 unspecified atom stereocenters. The topological polar surface area (TPSA) is 24.5 Å². The molecule has 1 aliphatic heterocycles. The van der Waals surface area contributed by atoms with Crippen molar-refractivity contribution >= 4 is 23.0 Å². The second kappa shape index (κ2) is 6.83. The van der Waals surface area contributed by atoms with E-state index in [0.29, 0.717) is 0 Å². The van der Waals surface area contributed by atoms with E-state index in [1.807, 2.05) is 24.3 Å². The summed E-state index contributed by atoms with van der Waals surface area (Å²) in [6, 6.07) is 16.5. The maximum atomic E-state index is 6.14. The minimum atomic E-state index is 0.752. The van der Waals surface area contributed by atoms with E-state index in [-0.39, 0.29) is 0 Å². The summed E-state index contributed by atoms with van der Waals surface area (Å²) >= 11 is 6.14. The molecule has 0 saturated carbocycles. The number of anilines is 2. The SMILES string of the molecule is Clc1ccccc1NCc1ccc(N2CCOCC2)cc1. The van der Waals surface area contributed by atoms with Gasteiger partial charge in [-0.15, -0.1) is 0 Å². The summed E-state index contributed by atoms with van der Waals surface area (Å²) in [6.07, 6.45) is 0. The molecule has 1 aliphatic rings. The lowest BCUT2D eigenvalue weighted by atomic mass is 10.2. The average molecular weight is 303 g/mol. The number of hydrogen-bond donors (Lipinski definition) is 1. The smallest absolute Gasteiger partial charge is 0.0642 e. The first kappa shape index (κ1) is 14.2. The largest absolute Gasteiger partial charge is 0.380 e. The van der Waals surface area contributed by atoms with E-state index in [9.17, 15) is 0 Å². The van der Waals surface area contributed by atoms with Crippen molar-refractivity contribution in [2.75, 3.05) is 36.5 Å². The van der Waals surface area contributed by atoms with E-state index in [0.717, 1.165) is 43.6 Å². The molecule has 1 N–H and O–H groups in total. The minimum absolute atomic E-state index is 0.752. The Morgan fingerprint density at radius 3 is 2.43 bits per heavy atom. The zero-order valence-corrected chi connectivity index (χ0v) is 12.6. The molecule has 1 fully saturated rings. The first-order valence-corrected chi connectivity index (χ1v) is 7.61. The van der Waals surface area contributed by atoms with E-state index in [2.05, 4.69) is 34.5 Å². The number of para-hydroxylation sites is 1. The monoisotopic (exact) mass is 302 g/mol. The molecule has 0 bridgehead atoms. The van der Waals surface area contributed by atoms with Gasteiger partial charge in [0.15, 0.2) is 0 Å². The predicted molar refractivity (Wildman–Crippen MR) is 88.3 cm³/mol. The summed E-state index contributed by atoms with van der Waals surface area (Å²) in [5.41, 5.74) is 3.48. The number of halogens is 1. The Morgan fingerprint density at radius 2 is 1.71 bits per heavy atom. The fourth-order valence-corrected chi connectivity index (χ4v) is 2.65. The van der Waals surface area contributed by atoms with Crippen LogP contribution >= 0.6 is 11.6 Å². The first-order chi connectivity index (χ1) is 10.3. The third kappa shape index (κ3) is 3.69. The number of morpholine rings is 1. The van der Waals surface area contributed by atoms with Crippen molar-refractivity contribution in [3.63, 3.8) is 0 Å². The van der Waals surface area contributed by atoms with Crippen molar-refractivity contribution in [1.82, 2.24) is 0 Å². The highest BCUT2D eigenvalue weighted by Gasteiger charge is 2.10. The van der Waals surface area contributed by atoms with Crippen molar-refractivity contribution < 1.29 is 4.74 Å². The van der Waals surface area contributed by atoms with Crippen LogP contribution in [0.15, 0.2) is 48.5 Å². The standard InChI is InChI=1S/C17H19ClN2O/c18-16-3-1-2-4-17(16)19-13-14-5-7-15(8-6-14)20-9-11-21-12-10-20/h1-8,19H,9-13H2. The second-order valence-electron chi connectivity index (χ2n) is 5.10. The van der Waals surface area contributed by atoms with E-state index >= 15 is 0 Å². The van der Waals surface area contributed by atoms with Gasteiger partial charge in [-0.25, -0.2) is 0 Å². The maximum Gasteiger partial charge on any atom is 0.0642 e. The molecule has 1 heterocycles. The van der Waals surface area contributed by atoms with Gasteiger partial charge < -0.3 is 15.0 Å². The highest BCUT2D eigenvalue weighted by atomic mass is 35.5. The van der Waals surface area contributed by atoms with Crippen LogP contribution in [0.25, 0.3) is 0 Å². The summed E-state index contributed by atoms with van der Waals surface area (Å²) in [5, 5.41) is 4.11. The molecular formula is C17H19ClN2O. The molecule has 2 aromatic carbocycles. The van der Waals surface area contributed by atoms with Crippen molar-refractivity contribution in [2.45, 2.75) is 6.54 Å². The lowest BCUT2D eigenvalue weighted by Gasteiger charge is -2.28. The molecule has 4 heteroatoms. The van der Waals surface area contributed by atoms with Gasteiger partial charge in [0.2, 0.25) is 0 Å². The molecule has 0 amide bonds. The zero-order valence-electron chi connectivity index (χ0n) is 11.9. The lowest BCUT2D eigenvalue weighted by molar-refractivity contribution is 0.122. The third-order valence-corrected chi connectivity index (χ3v) is 4.00. The van der Waals surface area contributed by atoms with Crippen LogP contribution in [-0.4, -0.2) is 26.3 Å². The molecule has 0 radical (unpaired) electrons. The fourth-order valence-electron chi connectivity index (χ4n) is 2.45. The van der Waals surface area contributed by atoms with Gasteiger partial charge in [-0.05, 0) is 29.8 Å². The van der Waals surface area contributed by atoms with Gasteiger partial charge in [-0.1, -0.05) is 35.9 Å². The number of rotatable bonds is 4. The van der Waals surface area contributed by atoms with Gasteiger partial charge in [0.25, 0.3) is 0 Å². The van der Waals surface area contributed by atoms with E-state index < -0.39 is 0 Å². The van der Waals surface area contributed by atoms with Crippen molar-refractivity contribution in [3.05, 3.63) is 59.1 Å². The highest BCUT2D eigenvalue weighted by Crippen LogP contribution is 2.22. The van der Waals surface area contributed by atoms with E-state index in [4.69, 9.17) is 16.3 Å². The van der Waals surface area contributed by atoms with Gasteiger partial charge in [0.05, 0.1) is 23.9 Å². The minimum Gasteiger partial charge on any atom is -0.380 e. The molecule has 0 spiro atoms. The summed E-state index contributed by atoms with van der Waals surface area (Å²) in [6.45, 7) is 4.34. The Bertz CT molecular complexity index is 580. The molecule has 3 nitrogen and oxygen atoms in total. The third-order valence-electron chi connectivity index (χ3n) is 3.67. The predicted octanol–water partition coefficient (Wildman–Crippen LogP) is 3.79. The molecule has 3 rings (SSSR count). The Kier molecular flexibility index (Phi) is 4.63. The van der Waals surface area contributed by atoms with E-state index in [1.165, 1.54) is 11.3 Å². The molecular weight excluding hydrogens is 284 g/mol. The van der Waals surface area contributed by atoms with Crippen molar-refractivity contribution in [2.24, 2.45) is 0 Å². The molecule has 21 heavy (non-hydrogen) atoms. The molecule has 0 aromatic heterocycles. The summed E-state index contributed by atoms with van der Waals surface area (Å²) in [7, 11) is 0. The van der Waals surface area contributed by atoms with Crippen LogP contribution < -0.4 is 10.2 Å². The number of benzene rings is 2. The molecule has 0 aliphatic carbocycles. The van der Waals surface area contributed by atoms with Crippen molar-refractivity contribution in [3.8, 4) is 0 Å².